The summed E-state index contributed by atoms with van der Waals surface area (Å²) in [4.78, 5) is 32.3. The van der Waals surface area contributed by atoms with Gasteiger partial charge in [0.25, 0.3) is 0 Å². The van der Waals surface area contributed by atoms with E-state index in [9.17, 15) is 4.79 Å². The molecule has 1 amide bonds. The predicted octanol–water partition coefficient (Wildman–Crippen LogP) is 9.27. The van der Waals surface area contributed by atoms with Crippen LogP contribution in [0.2, 0.25) is 0 Å². The number of ether oxygens (including phenoxy) is 1. The van der Waals surface area contributed by atoms with E-state index in [1.165, 1.54) is 6.42 Å². The Labute approximate surface area is 393 Å². The van der Waals surface area contributed by atoms with E-state index in [1.807, 2.05) is 86.7 Å². The van der Waals surface area contributed by atoms with E-state index >= 15 is 0 Å². The molecule has 0 unspecified atom stereocenters. The summed E-state index contributed by atoms with van der Waals surface area (Å²) in [5.41, 5.74) is 7.19. The monoisotopic (exact) mass is 938 g/mol. The first-order valence-electron chi connectivity index (χ1n) is 21.4. The van der Waals surface area contributed by atoms with Crippen molar-refractivity contribution in [3.8, 4) is 45.3 Å². The Morgan fingerprint density at radius 2 is 1.22 bits per heavy atom. The number of carbonyl (C=O) groups excluding carboxylic acids is 1. The van der Waals surface area contributed by atoms with Crippen LogP contribution in [0.25, 0.3) is 67.1 Å². The van der Waals surface area contributed by atoms with Crippen LogP contribution < -0.4 is 5.32 Å². The minimum Gasteiger partial charge on any atom is -0.444 e. The van der Waals surface area contributed by atoms with Crippen molar-refractivity contribution in [1.29, 1.82) is 0 Å². The van der Waals surface area contributed by atoms with Gasteiger partial charge < -0.3 is 15.0 Å². The van der Waals surface area contributed by atoms with Gasteiger partial charge in [0.15, 0.2) is 11.6 Å². The van der Waals surface area contributed by atoms with E-state index in [2.05, 4.69) is 59.0 Å². The second-order valence-electron chi connectivity index (χ2n) is 16.9. The highest BCUT2D eigenvalue weighted by Gasteiger charge is 2.31. The molecule has 0 aliphatic carbocycles. The third-order valence-corrected chi connectivity index (χ3v) is 11.2. The molecule has 2 aromatic carbocycles. The molecule has 19 heteroatoms. The third-order valence-electron chi connectivity index (χ3n) is 11.2. The maximum atomic E-state index is 12.6. The Balaban J connectivity index is 0.000000184. The standard InChI is InChI=1S/C25H29N7O2.C20H21N7.CH2Cl2.ClH/c1-25(2,3)34-24(33)32-13-5-6-18(15-32)23-27-22(30-31(23)4)17-7-8-20-19(14-17)21(29-28-20)16-9-11-26-12-10-16;1-27-20(15-3-2-8-22-12-15)23-19(26-27)14-4-5-17-16(11-14)18(25-24-17)13-6-9-21-10-7-13;2-1-3;/h7-12,14,18H,5-6,13,15H2,1-4H3,(H,28,29);4-7,9-11,15,22H,2-3,8,12H2,1H3,(H,24,25);1H2;1H/t18-;15-;;/m11../s1. The number of rotatable bonds is 6. The SMILES string of the molecule is Cl.ClCCl.Cn1nc(-c2ccc3[nH]nc(-c4ccncc4)c3c2)nc1[C@@H]1CCCN(C(=O)OC(C)(C)C)C1.Cn1nc(-c2ccc3[nH]nc(-c4ccncc4)c3c2)nc1[C@@H]1CCCNC1. The number of nitrogens with one attached hydrogen (secondary N) is 3. The summed E-state index contributed by atoms with van der Waals surface area (Å²) in [6, 6.07) is 20.1. The maximum Gasteiger partial charge on any atom is 0.410 e. The lowest BCUT2D eigenvalue weighted by Gasteiger charge is -2.33. The summed E-state index contributed by atoms with van der Waals surface area (Å²) >= 11 is 9.53. The second kappa shape index (κ2) is 20.9. The molecule has 3 N–H and O–H groups in total. The van der Waals surface area contributed by atoms with E-state index in [0.717, 1.165) is 105 Å². The first-order chi connectivity index (χ1) is 31.0. The smallest absolute Gasteiger partial charge is 0.410 e. The lowest BCUT2D eigenvalue weighted by atomic mass is 9.97. The lowest BCUT2D eigenvalue weighted by molar-refractivity contribution is 0.0194. The van der Waals surface area contributed by atoms with Gasteiger partial charge in [-0.05, 0) is 114 Å². The molecule has 65 heavy (non-hydrogen) atoms. The average Bonchev–Trinajstić information content (AvgIpc) is 4.12. The molecule has 0 bridgehead atoms. The maximum absolute atomic E-state index is 12.6. The van der Waals surface area contributed by atoms with Crippen LogP contribution in [0, 0.1) is 0 Å². The van der Waals surface area contributed by atoms with E-state index in [0.29, 0.717) is 24.8 Å². The van der Waals surface area contributed by atoms with Crippen molar-refractivity contribution in [3.63, 3.8) is 0 Å². The fourth-order valence-corrected chi connectivity index (χ4v) is 8.27. The second-order valence-corrected chi connectivity index (χ2v) is 17.7. The number of aryl methyl sites for hydroxylation is 2. The largest absolute Gasteiger partial charge is 0.444 e. The van der Waals surface area contributed by atoms with Gasteiger partial charge in [0.1, 0.15) is 28.6 Å². The number of amides is 1. The lowest BCUT2D eigenvalue weighted by Crippen LogP contribution is -2.42. The summed E-state index contributed by atoms with van der Waals surface area (Å²) in [5, 5.41) is 30.3. The Hall–Kier alpha value is -5.94. The van der Waals surface area contributed by atoms with Crippen molar-refractivity contribution in [2.75, 3.05) is 31.5 Å². The molecule has 0 radical (unpaired) electrons. The summed E-state index contributed by atoms with van der Waals surface area (Å²) in [5.74, 6) is 3.90. The van der Waals surface area contributed by atoms with E-state index in [1.54, 1.807) is 29.7 Å². The van der Waals surface area contributed by atoms with Crippen molar-refractivity contribution < 1.29 is 9.53 Å². The molecular formula is C46H53Cl3N14O2. The summed E-state index contributed by atoms with van der Waals surface area (Å²) in [6.07, 6.45) is 11.0. The number of halogens is 3. The van der Waals surface area contributed by atoms with Gasteiger partial charge in [-0.1, -0.05) is 0 Å². The highest BCUT2D eigenvalue weighted by atomic mass is 35.5. The van der Waals surface area contributed by atoms with Gasteiger partial charge in [-0.25, -0.2) is 14.8 Å². The van der Waals surface area contributed by atoms with Gasteiger partial charge >= 0.3 is 6.09 Å². The normalized spacial score (nSPS) is 16.3. The Morgan fingerprint density at radius 1 is 0.723 bits per heavy atom. The van der Waals surface area contributed by atoms with Crippen molar-refractivity contribution in [2.45, 2.75) is 63.9 Å². The van der Waals surface area contributed by atoms with E-state index in [4.69, 9.17) is 43.0 Å². The Kier molecular flexibility index (Phi) is 15.1. The number of benzene rings is 2. The van der Waals surface area contributed by atoms with E-state index < -0.39 is 5.60 Å². The highest BCUT2D eigenvalue weighted by Crippen LogP contribution is 2.33. The number of aromatic amines is 2. The number of alkyl halides is 2. The number of H-pyrrole nitrogens is 2. The molecule has 6 aromatic heterocycles. The van der Waals surface area contributed by atoms with Crippen LogP contribution in [0.3, 0.4) is 0 Å². The van der Waals surface area contributed by atoms with Crippen LogP contribution in [-0.2, 0) is 18.8 Å². The van der Waals surface area contributed by atoms with Gasteiger partial charge in [0.05, 0.1) is 16.4 Å². The summed E-state index contributed by atoms with van der Waals surface area (Å²) < 4.78 is 9.34. The number of fused-ring (bicyclic) bond motifs is 2. The molecule has 16 nitrogen and oxygen atoms in total. The Morgan fingerprint density at radius 3 is 1.69 bits per heavy atom. The number of piperidine rings is 2. The van der Waals surface area contributed by atoms with Gasteiger partial charge in [0, 0.05) is 103 Å². The number of likely N-dealkylation sites (tertiary alicyclic amines) is 1. The third kappa shape index (κ3) is 11.0. The molecule has 340 valence electrons. The molecule has 0 saturated carbocycles. The zero-order valence-electron chi connectivity index (χ0n) is 37.0. The first kappa shape index (κ1) is 47.0. The zero-order valence-corrected chi connectivity index (χ0v) is 39.3. The van der Waals surface area contributed by atoms with Gasteiger partial charge in [0.2, 0.25) is 0 Å². The fourth-order valence-electron chi connectivity index (χ4n) is 8.27. The van der Waals surface area contributed by atoms with Gasteiger partial charge in [-0.3, -0.25) is 29.5 Å². The van der Waals surface area contributed by atoms with Crippen LogP contribution in [-0.4, -0.2) is 108 Å². The minimum absolute atomic E-state index is 0. The molecule has 2 aliphatic heterocycles. The topological polar surface area (TPSA) is 186 Å². The Bertz CT molecular complexity index is 2810. The minimum atomic E-state index is -0.511. The number of aromatic nitrogens is 12. The highest BCUT2D eigenvalue weighted by molar-refractivity contribution is 6.40. The van der Waals surface area contributed by atoms with Crippen molar-refractivity contribution in [2.24, 2.45) is 14.1 Å². The van der Waals surface area contributed by atoms with Crippen molar-refractivity contribution in [1.82, 2.24) is 70.1 Å². The average molecular weight is 940 g/mol. The van der Waals surface area contributed by atoms with Crippen LogP contribution in [0.5, 0.6) is 0 Å². The van der Waals surface area contributed by atoms with Crippen LogP contribution in [0.4, 0.5) is 4.79 Å². The molecule has 8 heterocycles. The van der Waals surface area contributed by atoms with Crippen LogP contribution >= 0.6 is 35.6 Å². The fraction of sp³-hybridized carbons (Fsp3) is 0.370. The number of carbonyl (C=O) groups is 1. The number of pyridine rings is 2. The zero-order chi connectivity index (χ0) is 44.8. The van der Waals surface area contributed by atoms with Crippen LogP contribution in [0.15, 0.2) is 85.5 Å². The number of hydrogen-bond acceptors (Lipinski definition) is 11. The van der Waals surface area contributed by atoms with Crippen molar-refractivity contribution >= 4 is 63.5 Å². The predicted molar refractivity (Wildman–Crippen MR) is 257 cm³/mol. The van der Waals surface area contributed by atoms with Crippen molar-refractivity contribution in [3.05, 3.63) is 97.1 Å². The van der Waals surface area contributed by atoms with Crippen LogP contribution in [0.1, 0.15) is 69.9 Å². The first-order valence-corrected chi connectivity index (χ1v) is 22.5. The molecule has 2 saturated heterocycles. The molecule has 2 atom stereocenters. The molecule has 10 rings (SSSR count). The molecular weight excluding hydrogens is 887 g/mol. The van der Waals surface area contributed by atoms with Gasteiger partial charge in [-0.2, -0.15) is 20.4 Å². The summed E-state index contributed by atoms with van der Waals surface area (Å²) in [6.45, 7) is 9.00. The number of nitrogens with zero attached hydrogens (tertiary/aromatic N) is 11. The molecule has 0 spiro atoms. The van der Waals surface area contributed by atoms with E-state index in [-0.39, 0.29) is 29.8 Å². The molecule has 2 aliphatic rings. The van der Waals surface area contributed by atoms with Gasteiger partial charge in [-0.15, -0.1) is 35.6 Å². The quantitative estimate of drug-likeness (QED) is 0.135. The molecule has 8 aromatic rings. The summed E-state index contributed by atoms with van der Waals surface area (Å²) in [7, 11) is 3.90. The molecule has 2 fully saturated rings. The number of hydrogen-bond donors (Lipinski definition) is 3.